The molecule has 0 aliphatic carbocycles. The highest BCUT2D eigenvalue weighted by Crippen LogP contribution is 2.26. The topological polar surface area (TPSA) is 71.4 Å². The van der Waals surface area contributed by atoms with Crippen molar-refractivity contribution in [2.24, 2.45) is 7.05 Å². The lowest BCUT2D eigenvalue weighted by Gasteiger charge is -2.06. The number of anilines is 2. The van der Waals surface area contributed by atoms with Gasteiger partial charge in [-0.15, -0.1) is 0 Å². The predicted octanol–water partition coefficient (Wildman–Crippen LogP) is 4.26. The van der Waals surface area contributed by atoms with Crippen LogP contribution in [0.3, 0.4) is 0 Å². The number of hydrogen-bond acceptors (Lipinski definition) is 4. The Kier molecular flexibility index (Phi) is 3.21. The van der Waals surface area contributed by atoms with E-state index in [0.717, 1.165) is 44.6 Å². The number of hydrogen-bond donors (Lipinski definition) is 2. The van der Waals surface area contributed by atoms with Crippen molar-refractivity contribution >= 4 is 33.3 Å². The molecular weight excluding hydrogens is 324 g/mol. The second-order valence-electron chi connectivity index (χ2n) is 6.24. The van der Waals surface area contributed by atoms with Crippen molar-refractivity contribution in [3.05, 3.63) is 67.3 Å². The van der Waals surface area contributed by atoms with Crippen molar-refractivity contribution < 1.29 is 0 Å². The predicted molar refractivity (Wildman–Crippen MR) is 103 cm³/mol. The van der Waals surface area contributed by atoms with Gasteiger partial charge in [0, 0.05) is 59.4 Å². The van der Waals surface area contributed by atoms with Crippen LogP contribution in [0.25, 0.3) is 33.1 Å². The molecule has 6 nitrogen and oxygen atoms in total. The Morgan fingerprint density at radius 3 is 2.73 bits per heavy atom. The first-order valence-electron chi connectivity index (χ1n) is 8.34. The minimum absolute atomic E-state index is 0.794. The summed E-state index contributed by atoms with van der Waals surface area (Å²) in [6.45, 7) is 0. The molecule has 5 rings (SSSR count). The van der Waals surface area contributed by atoms with Gasteiger partial charge in [0.2, 0.25) is 0 Å². The Bertz CT molecular complexity index is 1220. The first kappa shape index (κ1) is 14.7. The highest BCUT2D eigenvalue weighted by atomic mass is 15.2. The zero-order chi connectivity index (χ0) is 17.5. The highest BCUT2D eigenvalue weighted by molar-refractivity contribution is 5.88. The summed E-state index contributed by atoms with van der Waals surface area (Å²) < 4.78 is 1.86. The van der Waals surface area contributed by atoms with E-state index in [1.54, 1.807) is 12.4 Å². The third-order valence-electron chi connectivity index (χ3n) is 4.52. The van der Waals surface area contributed by atoms with Crippen molar-refractivity contribution in [1.82, 2.24) is 24.7 Å². The molecule has 2 N–H and O–H groups in total. The molecule has 4 heterocycles. The van der Waals surface area contributed by atoms with E-state index in [4.69, 9.17) is 0 Å². The molecule has 5 aromatic rings. The van der Waals surface area contributed by atoms with Gasteiger partial charge >= 0.3 is 0 Å². The number of nitrogens with zero attached hydrogens (tertiary/aromatic N) is 4. The fourth-order valence-corrected chi connectivity index (χ4v) is 3.15. The molecule has 126 valence electrons. The van der Waals surface area contributed by atoms with Crippen LogP contribution in [-0.2, 0) is 7.05 Å². The molecule has 6 heteroatoms. The summed E-state index contributed by atoms with van der Waals surface area (Å²) in [4.78, 5) is 12.1. The van der Waals surface area contributed by atoms with Crippen LogP contribution in [0.1, 0.15) is 0 Å². The fourth-order valence-electron chi connectivity index (χ4n) is 3.15. The van der Waals surface area contributed by atoms with E-state index < -0.39 is 0 Å². The summed E-state index contributed by atoms with van der Waals surface area (Å²) in [7, 11) is 1.94. The normalized spacial score (nSPS) is 11.3. The van der Waals surface area contributed by atoms with Gasteiger partial charge in [0.05, 0.1) is 17.2 Å². The van der Waals surface area contributed by atoms with Gasteiger partial charge in [-0.2, -0.15) is 5.10 Å². The number of rotatable bonds is 3. The maximum atomic E-state index is 4.53. The summed E-state index contributed by atoms with van der Waals surface area (Å²) in [6.07, 6.45) is 7.33. The van der Waals surface area contributed by atoms with Gasteiger partial charge in [-0.3, -0.25) is 9.67 Å². The molecule has 0 atom stereocenters. The molecule has 0 saturated heterocycles. The number of nitrogens with one attached hydrogen (secondary N) is 2. The average Bonchev–Trinajstić information content (AvgIpc) is 3.26. The Morgan fingerprint density at radius 2 is 1.85 bits per heavy atom. The van der Waals surface area contributed by atoms with Crippen LogP contribution in [0.15, 0.2) is 67.3 Å². The zero-order valence-electron chi connectivity index (χ0n) is 14.1. The number of pyridine rings is 2. The van der Waals surface area contributed by atoms with Gasteiger partial charge < -0.3 is 10.3 Å². The number of benzene rings is 1. The molecule has 0 aliphatic rings. The molecule has 0 fully saturated rings. The van der Waals surface area contributed by atoms with Gasteiger partial charge in [-0.25, -0.2) is 4.98 Å². The summed E-state index contributed by atoms with van der Waals surface area (Å²) in [5.41, 5.74) is 5.26. The molecule has 0 spiro atoms. The Balaban J connectivity index is 1.49. The monoisotopic (exact) mass is 340 g/mol. The summed E-state index contributed by atoms with van der Waals surface area (Å²) >= 11 is 0. The molecule has 26 heavy (non-hydrogen) atoms. The molecule has 0 aliphatic heterocycles. The van der Waals surface area contributed by atoms with E-state index in [1.165, 1.54) is 0 Å². The summed E-state index contributed by atoms with van der Waals surface area (Å²) in [5, 5.41) is 9.84. The average molecular weight is 340 g/mol. The third kappa shape index (κ3) is 2.48. The minimum Gasteiger partial charge on any atom is -0.354 e. The van der Waals surface area contributed by atoms with Gasteiger partial charge in [-0.05, 0) is 36.4 Å². The molecule has 1 aromatic carbocycles. The lowest BCUT2D eigenvalue weighted by molar-refractivity contribution is 0.797. The van der Waals surface area contributed by atoms with Crippen molar-refractivity contribution in [3.8, 4) is 11.3 Å². The second-order valence-corrected chi connectivity index (χ2v) is 6.24. The van der Waals surface area contributed by atoms with Crippen LogP contribution < -0.4 is 5.32 Å². The van der Waals surface area contributed by atoms with Crippen LogP contribution in [-0.4, -0.2) is 24.7 Å². The van der Waals surface area contributed by atoms with Crippen molar-refractivity contribution in [2.75, 3.05) is 5.32 Å². The maximum Gasteiger partial charge on any atom is 0.132 e. The van der Waals surface area contributed by atoms with E-state index in [0.29, 0.717) is 0 Å². The van der Waals surface area contributed by atoms with Crippen molar-refractivity contribution in [1.29, 1.82) is 0 Å². The smallest absolute Gasteiger partial charge is 0.132 e. The number of fused-ring (bicyclic) bond motifs is 2. The number of aryl methyl sites for hydroxylation is 1. The van der Waals surface area contributed by atoms with E-state index in [2.05, 4.69) is 43.6 Å². The Hall–Kier alpha value is -3.67. The SMILES string of the molecule is Cn1ncc2ccc(Nc3cc4[nH]c(-c5ccncc5)cc4cn3)cc21. The quantitative estimate of drug-likeness (QED) is 0.515. The first-order chi connectivity index (χ1) is 12.8. The number of aromatic nitrogens is 5. The van der Waals surface area contributed by atoms with E-state index in [9.17, 15) is 0 Å². The standard InChI is InChI=1S/C20H16N6/c1-26-19-9-16(3-2-14(19)12-23-26)24-20-10-18-15(11-22-20)8-17(25-18)13-4-6-21-7-5-13/h2-12,25H,1H3,(H,22,24). The van der Waals surface area contributed by atoms with Gasteiger partial charge in [0.1, 0.15) is 5.82 Å². The van der Waals surface area contributed by atoms with Crippen LogP contribution in [0.4, 0.5) is 11.5 Å². The van der Waals surface area contributed by atoms with Crippen LogP contribution in [0, 0.1) is 0 Å². The fraction of sp³-hybridized carbons (Fsp3) is 0.0500. The molecular formula is C20H16N6. The highest BCUT2D eigenvalue weighted by Gasteiger charge is 2.06. The van der Waals surface area contributed by atoms with E-state index >= 15 is 0 Å². The summed E-state index contributed by atoms with van der Waals surface area (Å²) in [6, 6.07) is 14.3. The van der Waals surface area contributed by atoms with Gasteiger partial charge in [-0.1, -0.05) is 0 Å². The van der Waals surface area contributed by atoms with Crippen LogP contribution >= 0.6 is 0 Å². The van der Waals surface area contributed by atoms with Gasteiger partial charge in [0.25, 0.3) is 0 Å². The minimum atomic E-state index is 0.794. The maximum absolute atomic E-state index is 4.53. The zero-order valence-corrected chi connectivity index (χ0v) is 14.1. The van der Waals surface area contributed by atoms with Crippen LogP contribution in [0.2, 0.25) is 0 Å². The Labute approximate surface area is 149 Å². The van der Waals surface area contributed by atoms with Crippen molar-refractivity contribution in [3.63, 3.8) is 0 Å². The van der Waals surface area contributed by atoms with Gasteiger partial charge in [0.15, 0.2) is 0 Å². The molecule has 0 saturated carbocycles. The van der Waals surface area contributed by atoms with Crippen LogP contribution in [0.5, 0.6) is 0 Å². The largest absolute Gasteiger partial charge is 0.354 e. The molecule has 4 aromatic heterocycles. The lowest BCUT2D eigenvalue weighted by Crippen LogP contribution is -1.94. The third-order valence-corrected chi connectivity index (χ3v) is 4.52. The van der Waals surface area contributed by atoms with Crippen molar-refractivity contribution in [2.45, 2.75) is 0 Å². The number of H-pyrrole nitrogens is 1. The lowest BCUT2D eigenvalue weighted by atomic mass is 10.2. The molecule has 0 amide bonds. The first-order valence-corrected chi connectivity index (χ1v) is 8.34. The second kappa shape index (κ2) is 5.70. The molecule has 0 bridgehead atoms. The van der Waals surface area contributed by atoms with E-state index in [1.807, 2.05) is 48.4 Å². The van der Waals surface area contributed by atoms with E-state index in [-0.39, 0.29) is 0 Å². The molecule has 0 radical (unpaired) electrons. The summed E-state index contributed by atoms with van der Waals surface area (Å²) in [5.74, 6) is 0.794. The number of aromatic amines is 1. The molecule has 0 unspecified atom stereocenters. The Morgan fingerprint density at radius 1 is 0.962 bits per heavy atom.